The lowest BCUT2D eigenvalue weighted by molar-refractivity contribution is -0.115. The monoisotopic (exact) mass is 140 g/mol. The molecule has 0 spiro atoms. The standard InChI is InChI=1S/C6H8N2O2/c9-5-4-1-2-8(3-4)6(5)7-10/h4,10H,1-3H2. The van der Waals surface area contributed by atoms with Gasteiger partial charge in [-0.3, -0.25) is 4.79 Å². The predicted octanol–water partition coefficient (Wildman–Crippen LogP) is -0.321. The van der Waals surface area contributed by atoms with Crippen LogP contribution in [0.25, 0.3) is 0 Å². The molecule has 10 heavy (non-hydrogen) atoms. The molecular weight excluding hydrogens is 132 g/mol. The van der Waals surface area contributed by atoms with E-state index in [0.29, 0.717) is 0 Å². The fourth-order valence-electron chi connectivity index (χ4n) is 1.62. The molecule has 2 saturated heterocycles. The Kier molecular flexibility index (Phi) is 0.977. The van der Waals surface area contributed by atoms with E-state index >= 15 is 0 Å². The number of ketones is 1. The number of piperidine rings is 1. The van der Waals surface area contributed by atoms with E-state index in [0.717, 1.165) is 19.5 Å². The van der Waals surface area contributed by atoms with Crippen molar-refractivity contribution in [1.82, 2.24) is 4.90 Å². The van der Waals surface area contributed by atoms with E-state index in [9.17, 15) is 4.79 Å². The van der Waals surface area contributed by atoms with Crippen LogP contribution in [0, 0.1) is 5.92 Å². The maximum Gasteiger partial charge on any atom is 0.211 e. The van der Waals surface area contributed by atoms with Crippen molar-refractivity contribution in [3.8, 4) is 0 Å². The second-order valence-corrected chi connectivity index (χ2v) is 2.72. The predicted molar refractivity (Wildman–Crippen MR) is 33.9 cm³/mol. The maximum atomic E-state index is 11.1. The second kappa shape index (κ2) is 1.71. The van der Waals surface area contributed by atoms with Gasteiger partial charge in [-0.15, -0.1) is 0 Å². The Labute approximate surface area is 58.1 Å². The summed E-state index contributed by atoms with van der Waals surface area (Å²) in [4.78, 5) is 12.9. The molecule has 2 fully saturated rings. The van der Waals surface area contributed by atoms with Crippen molar-refractivity contribution in [2.75, 3.05) is 13.1 Å². The third-order valence-electron chi connectivity index (χ3n) is 2.17. The van der Waals surface area contributed by atoms with Gasteiger partial charge in [0.25, 0.3) is 0 Å². The summed E-state index contributed by atoms with van der Waals surface area (Å²) in [5.74, 6) is 0.385. The number of fused-ring (bicyclic) bond motifs is 2. The molecule has 1 unspecified atom stereocenters. The summed E-state index contributed by atoms with van der Waals surface area (Å²) in [5, 5.41) is 11.3. The molecule has 0 aliphatic carbocycles. The van der Waals surface area contributed by atoms with Gasteiger partial charge in [-0.1, -0.05) is 5.16 Å². The Balaban J connectivity index is 2.33. The Morgan fingerprint density at radius 2 is 2.50 bits per heavy atom. The van der Waals surface area contributed by atoms with E-state index in [1.54, 1.807) is 0 Å². The van der Waals surface area contributed by atoms with Gasteiger partial charge in [0, 0.05) is 19.0 Å². The topological polar surface area (TPSA) is 52.9 Å². The molecule has 2 bridgehead atoms. The molecule has 0 amide bonds. The summed E-state index contributed by atoms with van der Waals surface area (Å²) in [5.41, 5.74) is 0. The van der Waals surface area contributed by atoms with E-state index in [1.165, 1.54) is 0 Å². The number of Topliss-reactive ketones (excluding diaryl/α,β-unsaturated/α-hetero) is 1. The number of carbonyl (C=O) groups is 1. The van der Waals surface area contributed by atoms with Crippen LogP contribution in [0.3, 0.4) is 0 Å². The maximum absolute atomic E-state index is 11.1. The molecule has 2 aliphatic heterocycles. The van der Waals surface area contributed by atoms with Gasteiger partial charge in [0.05, 0.1) is 0 Å². The third-order valence-corrected chi connectivity index (χ3v) is 2.17. The number of nitrogens with zero attached hydrogens (tertiary/aromatic N) is 2. The lowest BCUT2D eigenvalue weighted by Crippen LogP contribution is -2.30. The highest BCUT2D eigenvalue weighted by molar-refractivity contribution is 6.41. The average Bonchev–Trinajstić information content (AvgIpc) is 2.46. The van der Waals surface area contributed by atoms with E-state index in [1.807, 2.05) is 4.90 Å². The molecule has 1 atom stereocenters. The molecule has 54 valence electrons. The van der Waals surface area contributed by atoms with Gasteiger partial charge in [0.15, 0.2) is 0 Å². The highest BCUT2D eigenvalue weighted by atomic mass is 16.4. The highest BCUT2D eigenvalue weighted by Gasteiger charge is 2.42. The molecule has 0 aromatic rings. The Morgan fingerprint density at radius 1 is 1.70 bits per heavy atom. The Hall–Kier alpha value is -1.06. The van der Waals surface area contributed by atoms with Crippen molar-refractivity contribution >= 4 is 11.6 Å². The van der Waals surface area contributed by atoms with Crippen molar-refractivity contribution < 1.29 is 10.0 Å². The number of rotatable bonds is 0. The summed E-state index contributed by atoms with van der Waals surface area (Å²) in [6, 6.07) is 0. The van der Waals surface area contributed by atoms with Gasteiger partial charge in [-0.25, -0.2) is 0 Å². The quantitative estimate of drug-likeness (QED) is 0.370. The van der Waals surface area contributed by atoms with Crippen molar-refractivity contribution in [2.24, 2.45) is 11.1 Å². The molecular formula is C6H8N2O2. The van der Waals surface area contributed by atoms with E-state index < -0.39 is 0 Å². The average molecular weight is 140 g/mol. The zero-order valence-corrected chi connectivity index (χ0v) is 5.45. The second-order valence-electron chi connectivity index (χ2n) is 2.72. The summed E-state index contributed by atoms with van der Waals surface area (Å²) in [6.45, 7) is 1.63. The van der Waals surface area contributed by atoms with Crippen molar-refractivity contribution in [3.05, 3.63) is 0 Å². The largest absolute Gasteiger partial charge is 0.409 e. The number of hydrogen-bond acceptors (Lipinski definition) is 3. The van der Waals surface area contributed by atoms with E-state index in [4.69, 9.17) is 5.21 Å². The van der Waals surface area contributed by atoms with Crippen LogP contribution in [-0.4, -0.2) is 34.8 Å². The zero-order valence-electron chi connectivity index (χ0n) is 5.45. The van der Waals surface area contributed by atoms with Crippen LogP contribution in [0.2, 0.25) is 0 Å². The van der Waals surface area contributed by atoms with Crippen LogP contribution >= 0.6 is 0 Å². The number of carbonyl (C=O) groups excluding carboxylic acids is 1. The van der Waals surface area contributed by atoms with Gasteiger partial charge < -0.3 is 10.1 Å². The van der Waals surface area contributed by atoms with Crippen molar-refractivity contribution in [1.29, 1.82) is 0 Å². The minimum absolute atomic E-state index is 0.00810. The highest BCUT2D eigenvalue weighted by Crippen LogP contribution is 2.25. The SMILES string of the molecule is O=C1C(=NO)N2CCC1C2. The van der Waals surface area contributed by atoms with Crippen LogP contribution in [0.1, 0.15) is 6.42 Å². The minimum Gasteiger partial charge on any atom is -0.409 e. The molecule has 2 rings (SSSR count). The number of hydrogen-bond donors (Lipinski definition) is 1. The molecule has 2 aliphatic rings. The van der Waals surface area contributed by atoms with Crippen LogP contribution in [0.15, 0.2) is 5.16 Å². The Bertz CT molecular complexity index is 212. The van der Waals surface area contributed by atoms with Crippen molar-refractivity contribution in [2.45, 2.75) is 6.42 Å². The molecule has 0 aromatic heterocycles. The van der Waals surface area contributed by atoms with Crippen LogP contribution < -0.4 is 0 Å². The summed E-state index contributed by atoms with van der Waals surface area (Å²) >= 11 is 0. The molecule has 4 heteroatoms. The first-order valence-corrected chi connectivity index (χ1v) is 3.34. The summed E-state index contributed by atoms with van der Waals surface area (Å²) < 4.78 is 0. The van der Waals surface area contributed by atoms with Gasteiger partial charge in [0.1, 0.15) is 0 Å². The fraction of sp³-hybridized carbons (Fsp3) is 0.667. The van der Waals surface area contributed by atoms with Crippen LogP contribution in [0.5, 0.6) is 0 Å². The molecule has 0 radical (unpaired) electrons. The molecule has 0 saturated carbocycles. The van der Waals surface area contributed by atoms with Gasteiger partial charge >= 0.3 is 0 Å². The first kappa shape index (κ1) is 5.70. The zero-order chi connectivity index (χ0) is 7.14. The fourth-order valence-corrected chi connectivity index (χ4v) is 1.62. The summed E-state index contributed by atoms with van der Waals surface area (Å²) in [6.07, 6.45) is 0.928. The number of amidine groups is 1. The third kappa shape index (κ3) is 0.509. The first-order valence-electron chi connectivity index (χ1n) is 3.34. The smallest absolute Gasteiger partial charge is 0.211 e. The molecule has 1 N–H and O–H groups in total. The van der Waals surface area contributed by atoms with Gasteiger partial charge in [0.2, 0.25) is 11.6 Å². The lowest BCUT2D eigenvalue weighted by Gasteiger charge is -2.12. The minimum atomic E-state index is 0.00810. The summed E-state index contributed by atoms with van der Waals surface area (Å²) in [7, 11) is 0. The normalized spacial score (nSPS) is 34.4. The molecule has 2 heterocycles. The molecule has 4 nitrogen and oxygen atoms in total. The van der Waals surface area contributed by atoms with Gasteiger partial charge in [-0.05, 0) is 6.42 Å². The van der Waals surface area contributed by atoms with E-state index in [-0.39, 0.29) is 17.5 Å². The molecule has 0 aromatic carbocycles. The van der Waals surface area contributed by atoms with Crippen LogP contribution in [-0.2, 0) is 4.79 Å². The Morgan fingerprint density at radius 3 is 2.90 bits per heavy atom. The van der Waals surface area contributed by atoms with Crippen LogP contribution in [0.4, 0.5) is 0 Å². The van der Waals surface area contributed by atoms with Gasteiger partial charge in [-0.2, -0.15) is 0 Å². The number of oxime groups is 1. The lowest BCUT2D eigenvalue weighted by atomic mass is 10.0. The van der Waals surface area contributed by atoms with Crippen molar-refractivity contribution in [3.63, 3.8) is 0 Å². The van der Waals surface area contributed by atoms with E-state index in [2.05, 4.69) is 5.16 Å². The first-order chi connectivity index (χ1) is 4.83.